The van der Waals surface area contributed by atoms with Crippen LogP contribution in [-0.2, 0) is 6.42 Å². The molecule has 0 fully saturated rings. The zero-order chi connectivity index (χ0) is 17.3. The number of benzene rings is 2. The first-order chi connectivity index (χ1) is 11.3. The van der Waals surface area contributed by atoms with E-state index in [0.29, 0.717) is 5.56 Å². The third-order valence-corrected chi connectivity index (χ3v) is 3.88. The average molecular weight is 323 g/mol. The molecule has 0 saturated heterocycles. The van der Waals surface area contributed by atoms with Gasteiger partial charge in [0.15, 0.2) is 5.78 Å². The van der Waals surface area contributed by atoms with Gasteiger partial charge in [0, 0.05) is 24.1 Å². The summed E-state index contributed by atoms with van der Waals surface area (Å²) in [6, 6.07) is 11.5. The molecule has 0 saturated carbocycles. The van der Waals surface area contributed by atoms with Gasteiger partial charge in [-0.3, -0.25) is 14.9 Å². The number of hydrogen-bond acceptors (Lipinski definition) is 4. The lowest BCUT2D eigenvalue weighted by molar-refractivity contribution is -0.384. The third kappa shape index (κ3) is 3.35. The quantitative estimate of drug-likeness (QED) is 0.366. The van der Waals surface area contributed by atoms with E-state index in [1.165, 1.54) is 18.2 Å². The molecule has 0 spiro atoms. The van der Waals surface area contributed by atoms with E-state index in [9.17, 15) is 14.9 Å². The number of fused-ring (bicyclic) bond motifs is 1. The van der Waals surface area contributed by atoms with Crippen molar-refractivity contribution in [2.75, 3.05) is 0 Å². The summed E-state index contributed by atoms with van der Waals surface area (Å²) in [6.45, 7) is 4.03. The molecule has 3 rings (SSSR count). The van der Waals surface area contributed by atoms with E-state index in [-0.39, 0.29) is 17.1 Å². The van der Waals surface area contributed by atoms with Crippen LogP contribution in [0.15, 0.2) is 48.5 Å². The molecular formula is C19H17NO4. The molecule has 0 atom stereocenters. The Bertz CT molecular complexity index is 835. The van der Waals surface area contributed by atoms with Crippen molar-refractivity contribution < 1.29 is 14.5 Å². The lowest BCUT2D eigenvalue weighted by atomic mass is 9.99. The highest BCUT2D eigenvalue weighted by Gasteiger charge is 2.30. The minimum atomic E-state index is -0.452. The van der Waals surface area contributed by atoms with Crippen molar-refractivity contribution in [1.29, 1.82) is 0 Å². The number of nitro groups is 1. The van der Waals surface area contributed by atoms with E-state index in [1.807, 2.05) is 26.0 Å². The Hall–Kier alpha value is -2.95. The van der Waals surface area contributed by atoms with Crippen LogP contribution in [0.25, 0.3) is 6.08 Å². The van der Waals surface area contributed by atoms with Crippen LogP contribution < -0.4 is 4.74 Å². The largest absolute Gasteiger partial charge is 0.487 e. The first-order valence-electron chi connectivity index (χ1n) is 7.63. The van der Waals surface area contributed by atoms with Crippen molar-refractivity contribution in [2.45, 2.75) is 25.9 Å². The predicted octanol–water partition coefficient (Wildman–Crippen LogP) is 4.20. The smallest absolute Gasteiger partial charge is 0.269 e. The molecule has 0 bridgehead atoms. The molecule has 0 amide bonds. The third-order valence-electron chi connectivity index (χ3n) is 3.88. The Balaban J connectivity index is 1.75. The Labute approximate surface area is 139 Å². The van der Waals surface area contributed by atoms with Crippen LogP contribution in [-0.4, -0.2) is 16.3 Å². The first kappa shape index (κ1) is 15.9. The SMILES string of the molecule is CC1(C)Cc2cc(C(=O)C=Cc3ccc([N+](=O)[O-])cc3)ccc2O1. The van der Waals surface area contributed by atoms with Gasteiger partial charge in [0.25, 0.3) is 5.69 Å². The highest BCUT2D eigenvalue weighted by molar-refractivity contribution is 6.07. The molecule has 0 N–H and O–H groups in total. The van der Waals surface area contributed by atoms with Crippen molar-refractivity contribution in [3.8, 4) is 5.75 Å². The maximum Gasteiger partial charge on any atom is 0.269 e. The zero-order valence-electron chi connectivity index (χ0n) is 13.5. The van der Waals surface area contributed by atoms with Crippen LogP contribution in [0, 0.1) is 10.1 Å². The van der Waals surface area contributed by atoms with Gasteiger partial charge in [-0.1, -0.05) is 6.08 Å². The van der Waals surface area contributed by atoms with Gasteiger partial charge in [-0.2, -0.15) is 0 Å². The van der Waals surface area contributed by atoms with Crippen molar-refractivity contribution in [3.05, 3.63) is 75.3 Å². The number of allylic oxidation sites excluding steroid dienone is 1. The molecule has 0 unspecified atom stereocenters. The van der Waals surface area contributed by atoms with E-state index in [1.54, 1.807) is 24.3 Å². The number of nitrogens with zero attached hydrogens (tertiary/aromatic N) is 1. The number of hydrogen-bond donors (Lipinski definition) is 0. The highest BCUT2D eigenvalue weighted by atomic mass is 16.6. The van der Waals surface area contributed by atoms with Gasteiger partial charge >= 0.3 is 0 Å². The average Bonchev–Trinajstić information content (AvgIpc) is 2.85. The summed E-state index contributed by atoms with van der Waals surface area (Å²) >= 11 is 0. The van der Waals surface area contributed by atoms with Crippen LogP contribution in [0.2, 0.25) is 0 Å². The molecule has 1 heterocycles. The number of non-ortho nitro benzene ring substituents is 1. The molecule has 122 valence electrons. The zero-order valence-corrected chi connectivity index (χ0v) is 13.5. The molecule has 5 heteroatoms. The molecule has 1 aliphatic heterocycles. The summed E-state index contributed by atoms with van der Waals surface area (Å²) in [6.07, 6.45) is 3.90. The minimum absolute atomic E-state index is 0.0275. The van der Waals surface area contributed by atoms with Crippen molar-refractivity contribution in [3.63, 3.8) is 0 Å². The van der Waals surface area contributed by atoms with Crippen molar-refractivity contribution in [1.82, 2.24) is 0 Å². The van der Waals surface area contributed by atoms with Gasteiger partial charge in [-0.15, -0.1) is 0 Å². The van der Waals surface area contributed by atoms with Crippen LogP contribution in [0.4, 0.5) is 5.69 Å². The van der Waals surface area contributed by atoms with E-state index in [4.69, 9.17) is 4.74 Å². The van der Waals surface area contributed by atoms with E-state index >= 15 is 0 Å². The minimum Gasteiger partial charge on any atom is -0.487 e. The van der Waals surface area contributed by atoms with Crippen LogP contribution in [0.5, 0.6) is 5.75 Å². The summed E-state index contributed by atoms with van der Waals surface area (Å²) in [5, 5.41) is 10.6. The van der Waals surface area contributed by atoms with E-state index < -0.39 is 4.92 Å². The summed E-state index contributed by atoms with van der Waals surface area (Å²) < 4.78 is 5.80. The van der Waals surface area contributed by atoms with Crippen molar-refractivity contribution in [2.24, 2.45) is 0 Å². The lowest BCUT2D eigenvalue weighted by Gasteiger charge is -2.16. The lowest BCUT2D eigenvalue weighted by Crippen LogP contribution is -2.24. The molecule has 1 aliphatic rings. The first-order valence-corrected chi connectivity index (χ1v) is 7.63. The normalized spacial score (nSPS) is 15.1. The van der Waals surface area contributed by atoms with Crippen LogP contribution >= 0.6 is 0 Å². The molecule has 0 aromatic heterocycles. The number of ketones is 1. The van der Waals surface area contributed by atoms with Gasteiger partial charge in [-0.25, -0.2) is 0 Å². The highest BCUT2D eigenvalue weighted by Crippen LogP contribution is 2.35. The Kier molecular flexibility index (Phi) is 3.93. The maximum atomic E-state index is 12.3. The fraction of sp³-hybridized carbons (Fsp3) is 0.211. The molecule has 0 aliphatic carbocycles. The van der Waals surface area contributed by atoms with Gasteiger partial charge in [0.05, 0.1) is 4.92 Å². The molecule has 24 heavy (non-hydrogen) atoms. The molecule has 5 nitrogen and oxygen atoms in total. The summed E-state index contributed by atoms with van der Waals surface area (Å²) in [4.78, 5) is 22.5. The summed E-state index contributed by atoms with van der Waals surface area (Å²) in [5.74, 6) is 0.719. The standard InChI is InChI=1S/C19H17NO4/c1-19(2)12-15-11-14(6-10-18(15)24-19)17(21)9-5-13-3-7-16(8-4-13)20(22)23/h3-11H,12H2,1-2H3. The second-order valence-electron chi connectivity index (χ2n) is 6.41. The topological polar surface area (TPSA) is 69.4 Å². The second kappa shape index (κ2) is 5.92. The Morgan fingerprint density at radius 3 is 2.58 bits per heavy atom. The van der Waals surface area contributed by atoms with Gasteiger partial charge < -0.3 is 4.74 Å². The van der Waals surface area contributed by atoms with E-state index in [2.05, 4.69) is 0 Å². The monoisotopic (exact) mass is 323 g/mol. The second-order valence-corrected chi connectivity index (χ2v) is 6.41. The van der Waals surface area contributed by atoms with Gasteiger partial charge in [0.1, 0.15) is 11.4 Å². The molecule has 0 radical (unpaired) electrons. The van der Waals surface area contributed by atoms with Crippen LogP contribution in [0.3, 0.4) is 0 Å². The Morgan fingerprint density at radius 2 is 1.92 bits per heavy atom. The van der Waals surface area contributed by atoms with Gasteiger partial charge in [-0.05, 0) is 61.4 Å². The molecule has 2 aromatic rings. The summed E-state index contributed by atoms with van der Waals surface area (Å²) in [5.41, 5.74) is 2.17. The van der Waals surface area contributed by atoms with E-state index in [0.717, 1.165) is 23.3 Å². The number of carbonyl (C=O) groups excluding carboxylic acids is 1. The number of rotatable bonds is 4. The number of ether oxygens (including phenoxy) is 1. The van der Waals surface area contributed by atoms with Crippen molar-refractivity contribution >= 4 is 17.5 Å². The number of nitro benzene ring substituents is 1. The Morgan fingerprint density at radius 1 is 1.21 bits per heavy atom. The maximum absolute atomic E-state index is 12.3. The summed E-state index contributed by atoms with van der Waals surface area (Å²) in [7, 11) is 0. The predicted molar refractivity (Wildman–Crippen MR) is 91.3 cm³/mol. The van der Waals surface area contributed by atoms with Gasteiger partial charge in [0.2, 0.25) is 0 Å². The van der Waals surface area contributed by atoms with Crippen LogP contribution in [0.1, 0.15) is 35.3 Å². The fourth-order valence-electron chi connectivity index (χ4n) is 2.74. The molecular weight excluding hydrogens is 306 g/mol. The number of carbonyl (C=O) groups is 1. The fourth-order valence-corrected chi connectivity index (χ4v) is 2.74. The molecule has 2 aromatic carbocycles.